The van der Waals surface area contributed by atoms with Crippen molar-refractivity contribution in [2.24, 2.45) is 4.36 Å². The lowest BCUT2D eigenvalue weighted by Gasteiger charge is -2.18. The van der Waals surface area contributed by atoms with Crippen molar-refractivity contribution >= 4 is 54.9 Å². The van der Waals surface area contributed by atoms with Crippen LogP contribution in [0.5, 0.6) is 17.2 Å². The lowest BCUT2D eigenvalue weighted by Crippen LogP contribution is -2.22. The fraction of sp³-hybridized carbons (Fsp3) is 0.269. The summed E-state index contributed by atoms with van der Waals surface area (Å²) in [5, 5.41) is 1.61. The molecule has 41 heavy (non-hydrogen) atoms. The molecule has 0 aliphatic carbocycles. The van der Waals surface area contributed by atoms with Crippen molar-refractivity contribution in [2.45, 2.75) is 37.6 Å². The Balaban J connectivity index is 2.01. The van der Waals surface area contributed by atoms with Crippen LogP contribution >= 0.6 is 27.5 Å². The number of hydrogen-bond acceptors (Lipinski definition) is 7. The predicted molar refractivity (Wildman–Crippen MR) is 150 cm³/mol. The highest BCUT2D eigenvalue weighted by molar-refractivity contribution is 9.10. The monoisotopic (exact) mass is 677 g/mol. The molecule has 9 nitrogen and oxygen atoms in total. The summed E-state index contributed by atoms with van der Waals surface area (Å²) in [6.45, 7) is 4.85. The van der Waals surface area contributed by atoms with Crippen LogP contribution in [0, 0.1) is 0 Å². The second kappa shape index (κ2) is 12.2. The summed E-state index contributed by atoms with van der Waals surface area (Å²) in [6, 6.07) is 8.51. The van der Waals surface area contributed by atoms with E-state index in [9.17, 15) is 27.0 Å². The molecule has 3 aromatic rings. The minimum Gasteiger partial charge on any atom is -0.493 e. The highest BCUT2D eigenvalue weighted by atomic mass is 79.9. The van der Waals surface area contributed by atoms with E-state index >= 15 is 0 Å². The Kier molecular flexibility index (Phi) is 9.61. The first-order valence-corrected chi connectivity index (χ1v) is 14.6. The van der Waals surface area contributed by atoms with Crippen molar-refractivity contribution in [1.29, 1.82) is 0 Å². The zero-order chi connectivity index (χ0) is 30.8. The molecule has 3 rings (SSSR count). The van der Waals surface area contributed by atoms with Crippen LogP contribution in [0.25, 0.3) is 0 Å². The molecule has 220 valence electrons. The quantitative estimate of drug-likeness (QED) is 0.281. The lowest BCUT2D eigenvalue weighted by molar-refractivity contribution is -0.137. The number of nitrogens with one attached hydrogen (secondary N) is 1. The molecule has 0 aliphatic rings. The van der Waals surface area contributed by atoms with Crippen molar-refractivity contribution in [3.05, 3.63) is 69.3 Å². The van der Waals surface area contributed by atoms with Crippen LogP contribution in [-0.4, -0.2) is 40.2 Å². The van der Waals surface area contributed by atoms with Gasteiger partial charge in [0.25, 0.3) is 5.91 Å². The third kappa shape index (κ3) is 8.57. The molecule has 0 saturated heterocycles. The Bertz CT molecular complexity index is 1620. The lowest BCUT2D eigenvalue weighted by atomic mass is 10.1. The number of anilines is 1. The number of alkyl halides is 3. The number of ether oxygens (including phenoxy) is 3. The fourth-order valence-corrected chi connectivity index (χ4v) is 4.87. The average molecular weight is 679 g/mol. The third-order valence-electron chi connectivity index (χ3n) is 4.99. The molecule has 0 unspecified atom stereocenters. The summed E-state index contributed by atoms with van der Waals surface area (Å²) in [7, 11) is -2.05. The molecule has 1 aromatic heterocycles. The number of carbonyl (C=O) groups excluding carboxylic acids is 2. The highest BCUT2D eigenvalue weighted by Crippen LogP contribution is 2.42. The second-order valence-electron chi connectivity index (χ2n) is 9.43. The summed E-state index contributed by atoms with van der Waals surface area (Å²) in [5.41, 5.74) is -2.39. The van der Waals surface area contributed by atoms with E-state index in [-0.39, 0.29) is 27.8 Å². The molecule has 0 bridgehead atoms. The van der Waals surface area contributed by atoms with Crippen LogP contribution in [0.4, 0.5) is 23.7 Å². The standard InChI is InChI=1S/C26H24BrClF3N3O6S/c1-25(2,3)40-24(36)34-41(5,37)22-11-15(8-9-32-22)33-23(35)16-12-18(28)17(26(29,30)31)13-20(16)39-19-7-6-14(27)10-21(19)38-4/h6-13H,1-5H3,(H,32,33,35)/t41-/m1/s1. The van der Waals surface area contributed by atoms with Gasteiger partial charge in [0.15, 0.2) is 11.5 Å². The van der Waals surface area contributed by atoms with Crippen molar-refractivity contribution in [3.8, 4) is 17.2 Å². The van der Waals surface area contributed by atoms with E-state index in [1.54, 1.807) is 26.8 Å². The van der Waals surface area contributed by atoms with Crippen molar-refractivity contribution in [3.63, 3.8) is 0 Å². The van der Waals surface area contributed by atoms with Gasteiger partial charge in [0, 0.05) is 22.6 Å². The van der Waals surface area contributed by atoms with E-state index in [0.717, 1.165) is 12.3 Å². The van der Waals surface area contributed by atoms with E-state index in [0.29, 0.717) is 10.5 Å². The highest BCUT2D eigenvalue weighted by Gasteiger charge is 2.35. The molecule has 1 atom stereocenters. The minimum atomic E-state index is -4.84. The smallest absolute Gasteiger partial charge is 0.442 e. The van der Waals surface area contributed by atoms with Crippen molar-refractivity contribution in [1.82, 2.24) is 4.98 Å². The summed E-state index contributed by atoms with van der Waals surface area (Å²) in [4.78, 5) is 29.4. The first kappa shape index (κ1) is 32.2. The van der Waals surface area contributed by atoms with Gasteiger partial charge in [0.1, 0.15) is 26.1 Å². The zero-order valence-corrected chi connectivity index (χ0v) is 25.4. The topological polar surface area (TPSA) is 116 Å². The first-order chi connectivity index (χ1) is 18.9. The summed E-state index contributed by atoms with van der Waals surface area (Å²) < 4.78 is 74.3. The van der Waals surface area contributed by atoms with E-state index in [4.69, 9.17) is 25.8 Å². The van der Waals surface area contributed by atoms with E-state index in [1.165, 1.54) is 37.6 Å². The number of halogens is 5. The van der Waals surface area contributed by atoms with Gasteiger partial charge in [-0.15, -0.1) is 4.36 Å². The number of carbonyl (C=O) groups is 2. The number of methoxy groups -OCH3 is 1. The Morgan fingerprint density at radius 3 is 2.34 bits per heavy atom. The molecule has 0 fully saturated rings. The summed E-state index contributed by atoms with van der Waals surface area (Å²) in [5.74, 6) is -1.16. The van der Waals surface area contributed by atoms with Gasteiger partial charge in [-0.1, -0.05) is 27.5 Å². The number of hydrogen-bond donors (Lipinski definition) is 1. The van der Waals surface area contributed by atoms with Gasteiger partial charge < -0.3 is 19.5 Å². The van der Waals surface area contributed by atoms with Gasteiger partial charge in [-0.05, 0) is 63.2 Å². The van der Waals surface area contributed by atoms with Crippen molar-refractivity contribution < 1.29 is 41.2 Å². The van der Waals surface area contributed by atoms with Gasteiger partial charge in [0.05, 0.1) is 23.3 Å². The van der Waals surface area contributed by atoms with Crippen LogP contribution in [0.15, 0.2) is 62.5 Å². The maximum absolute atomic E-state index is 13.6. The Morgan fingerprint density at radius 1 is 1.05 bits per heavy atom. The Morgan fingerprint density at radius 2 is 1.73 bits per heavy atom. The summed E-state index contributed by atoms with van der Waals surface area (Å²) in [6.07, 6.45) is -3.53. The predicted octanol–water partition coefficient (Wildman–Crippen LogP) is 7.96. The molecule has 1 heterocycles. The van der Waals surface area contributed by atoms with Gasteiger partial charge in [-0.3, -0.25) is 4.79 Å². The molecular formula is C26H24BrClF3N3O6S. The number of rotatable bonds is 6. The molecule has 2 aromatic carbocycles. The molecular weight excluding hydrogens is 655 g/mol. The average Bonchev–Trinajstić information content (AvgIpc) is 2.83. The maximum atomic E-state index is 13.6. The van der Waals surface area contributed by atoms with Crippen LogP contribution in [0.3, 0.4) is 0 Å². The van der Waals surface area contributed by atoms with Gasteiger partial charge in [0.2, 0.25) is 0 Å². The normalized spacial score (nSPS) is 13.1. The van der Waals surface area contributed by atoms with Gasteiger partial charge >= 0.3 is 12.3 Å². The van der Waals surface area contributed by atoms with E-state index < -0.39 is 49.8 Å². The fourth-order valence-electron chi connectivity index (χ4n) is 3.24. The molecule has 15 heteroatoms. The third-order valence-corrected chi connectivity index (χ3v) is 7.29. The Labute approximate surface area is 247 Å². The first-order valence-electron chi connectivity index (χ1n) is 11.5. The summed E-state index contributed by atoms with van der Waals surface area (Å²) >= 11 is 9.17. The molecule has 0 radical (unpaired) electrons. The number of pyridine rings is 1. The molecule has 2 amide bonds. The molecule has 0 spiro atoms. The SMILES string of the molecule is COc1cc(Br)ccc1Oc1cc(C(F)(F)F)c(Cl)cc1C(=O)Nc1ccnc([S@@](C)(=O)=NC(=O)OC(C)(C)C)c1. The van der Waals surface area contributed by atoms with Gasteiger partial charge in [-0.25, -0.2) is 14.0 Å². The number of nitrogens with zero attached hydrogens (tertiary/aromatic N) is 2. The Hall–Kier alpha value is -3.36. The van der Waals surface area contributed by atoms with Crippen LogP contribution in [-0.2, 0) is 20.6 Å². The number of amides is 2. The van der Waals surface area contributed by atoms with E-state index in [1.807, 2.05) is 0 Å². The van der Waals surface area contributed by atoms with Crippen LogP contribution in [0.2, 0.25) is 5.02 Å². The van der Waals surface area contributed by atoms with Crippen molar-refractivity contribution in [2.75, 3.05) is 18.7 Å². The minimum absolute atomic E-state index is 0.0286. The second-order valence-corrected chi connectivity index (χ2v) is 13.0. The zero-order valence-electron chi connectivity index (χ0n) is 22.3. The van der Waals surface area contributed by atoms with E-state index in [2.05, 4.69) is 30.6 Å². The number of aromatic nitrogens is 1. The van der Waals surface area contributed by atoms with Gasteiger partial charge in [-0.2, -0.15) is 13.2 Å². The van der Waals surface area contributed by atoms with Crippen LogP contribution in [0.1, 0.15) is 36.7 Å². The molecule has 1 N–H and O–H groups in total. The number of benzene rings is 2. The maximum Gasteiger partial charge on any atom is 0.442 e. The molecule has 0 aliphatic heterocycles. The van der Waals surface area contributed by atoms with Crippen LogP contribution < -0.4 is 14.8 Å². The molecule has 0 saturated carbocycles. The largest absolute Gasteiger partial charge is 0.493 e.